The average molecular weight is 1230 g/mol. The quantitative estimate of drug-likeness (QED) is 0.149. The lowest BCUT2D eigenvalue weighted by atomic mass is 9.72. The number of nitrogens with zero attached hydrogens (tertiary/aromatic N) is 3. The van der Waals surface area contributed by atoms with E-state index in [2.05, 4.69) is 255 Å². The lowest BCUT2D eigenvalue weighted by Gasteiger charge is -2.36. The third-order valence-electron chi connectivity index (χ3n) is 20.7. The smallest absolute Gasteiger partial charge is 0.263 e. The highest BCUT2D eigenvalue weighted by Crippen LogP contribution is 2.49. The molecule has 19 aromatic rings. The summed E-state index contributed by atoms with van der Waals surface area (Å²) in [6.45, 7) is 4.59. The standard InChI is InChI=1S/C89H55N3O4/c1-89(2)75-48-56(52-18-5-3-6-19-52)39-45-78(75)92-84-73(47-58(49-76(84)89)53-20-7-4-8-21-53)65-44-38-57(46-74(65)88(92)94)61-26-17-33-82-83(61)70-30-16-28-63(86(70)96-82)55-34-40-59(41-35-55)90-77-31-13-11-23-66(77)72-51-80-71(50-79(72)90)64-22-9-10-25-69(64)87(93)91(80)60-42-36-54(37-43-60)62-27-15-29-68-67-24-12-14-32-81(67)95-85(62)68/h3-51H,1-2H3. The molecule has 0 bridgehead atoms. The van der Waals surface area contributed by atoms with Crippen LogP contribution in [0.2, 0.25) is 0 Å². The van der Waals surface area contributed by atoms with Gasteiger partial charge in [-0.3, -0.25) is 18.7 Å². The van der Waals surface area contributed by atoms with Crippen molar-refractivity contribution >= 4 is 109 Å². The largest absolute Gasteiger partial charge is 0.455 e. The zero-order valence-corrected chi connectivity index (χ0v) is 52.3. The van der Waals surface area contributed by atoms with E-state index < -0.39 is 5.41 Å². The summed E-state index contributed by atoms with van der Waals surface area (Å²) in [6, 6.07) is 104. The fraction of sp³-hybridized carbons (Fsp3) is 0.0337. The Morgan fingerprint density at radius 2 is 0.781 bits per heavy atom. The topological polar surface area (TPSA) is 75.2 Å². The molecule has 0 atom stereocenters. The Morgan fingerprint density at radius 3 is 1.52 bits per heavy atom. The number of furan rings is 2. The van der Waals surface area contributed by atoms with E-state index in [-0.39, 0.29) is 11.1 Å². The Balaban J connectivity index is 0.700. The molecule has 96 heavy (non-hydrogen) atoms. The predicted molar refractivity (Wildman–Crippen MR) is 396 cm³/mol. The summed E-state index contributed by atoms with van der Waals surface area (Å²) in [5.41, 5.74) is 21.9. The fourth-order valence-electron chi connectivity index (χ4n) is 16.1. The third kappa shape index (κ3) is 7.76. The van der Waals surface area contributed by atoms with E-state index >= 15 is 4.79 Å². The monoisotopic (exact) mass is 1230 g/mol. The van der Waals surface area contributed by atoms with Crippen LogP contribution >= 0.6 is 0 Å². The summed E-state index contributed by atoms with van der Waals surface area (Å²) in [5, 5.41) is 11.4. The van der Waals surface area contributed by atoms with Crippen LogP contribution in [0.1, 0.15) is 25.0 Å². The van der Waals surface area contributed by atoms with E-state index in [0.29, 0.717) is 10.8 Å². The van der Waals surface area contributed by atoms with Crippen LogP contribution in [0.15, 0.2) is 316 Å². The molecule has 0 radical (unpaired) electrons. The first-order chi connectivity index (χ1) is 47.2. The number of pyridine rings is 2. The van der Waals surface area contributed by atoms with E-state index in [1.165, 1.54) is 0 Å². The molecule has 20 rings (SSSR count). The van der Waals surface area contributed by atoms with Crippen molar-refractivity contribution in [3.8, 4) is 72.7 Å². The molecule has 0 saturated carbocycles. The molecule has 0 aliphatic carbocycles. The summed E-state index contributed by atoms with van der Waals surface area (Å²) in [4.78, 5) is 30.6. The van der Waals surface area contributed by atoms with Gasteiger partial charge in [-0.05, 0) is 157 Å². The van der Waals surface area contributed by atoms with Crippen molar-refractivity contribution in [2.75, 3.05) is 0 Å². The van der Waals surface area contributed by atoms with Crippen LogP contribution in [0, 0.1) is 0 Å². The molecule has 1 aliphatic rings. The molecule has 6 heterocycles. The minimum atomic E-state index is -0.427. The fourth-order valence-corrected chi connectivity index (χ4v) is 16.1. The van der Waals surface area contributed by atoms with Crippen LogP contribution in [-0.2, 0) is 5.41 Å². The van der Waals surface area contributed by atoms with E-state index in [0.717, 1.165) is 182 Å². The maximum Gasteiger partial charge on any atom is 0.263 e. The van der Waals surface area contributed by atoms with Crippen LogP contribution in [0.4, 0.5) is 0 Å². The zero-order valence-electron chi connectivity index (χ0n) is 52.3. The zero-order chi connectivity index (χ0) is 63.7. The first kappa shape index (κ1) is 54.0. The maximum absolute atomic E-state index is 15.7. The molecule has 0 unspecified atom stereocenters. The molecular weight excluding hydrogens is 1170 g/mol. The molecule has 0 saturated heterocycles. The van der Waals surface area contributed by atoms with Crippen LogP contribution < -0.4 is 11.1 Å². The molecule has 1 aliphatic heterocycles. The summed E-state index contributed by atoms with van der Waals surface area (Å²) >= 11 is 0. The number of para-hydroxylation sites is 4. The Bertz CT molecular complexity index is 6680. The number of fused-ring (bicyclic) bond motifs is 16. The maximum atomic E-state index is 15.7. The molecule has 0 amide bonds. The highest BCUT2D eigenvalue weighted by atomic mass is 16.3. The van der Waals surface area contributed by atoms with Gasteiger partial charge in [-0.25, -0.2) is 0 Å². The number of rotatable bonds is 7. The minimum Gasteiger partial charge on any atom is -0.455 e. The average Bonchev–Trinajstić information content (AvgIpc) is 0.913. The lowest BCUT2D eigenvalue weighted by Crippen LogP contribution is -2.32. The minimum absolute atomic E-state index is 0.0478. The van der Waals surface area contributed by atoms with Crippen LogP contribution in [0.3, 0.4) is 0 Å². The highest BCUT2D eigenvalue weighted by Gasteiger charge is 2.36. The molecule has 14 aromatic carbocycles. The van der Waals surface area contributed by atoms with Gasteiger partial charge < -0.3 is 13.4 Å². The van der Waals surface area contributed by atoms with Gasteiger partial charge in [0.15, 0.2) is 0 Å². The molecule has 0 N–H and O–H groups in total. The first-order valence-electron chi connectivity index (χ1n) is 32.7. The van der Waals surface area contributed by atoms with Crippen molar-refractivity contribution in [1.29, 1.82) is 0 Å². The van der Waals surface area contributed by atoms with Gasteiger partial charge in [0.1, 0.15) is 22.3 Å². The molecule has 0 spiro atoms. The van der Waals surface area contributed by atoms with Crippen molar-refractivity contribution in [3.63, 3.8) is 0 Å². The van der Waals surface area contributed by atoms with E-state index in [1.807, 2.05) is 69.8 Å². The normalized spacial score (nSPS) is 12.9. The van der Waals surface area contributed by atoms with Gasteiger partial charge in [0, 0.05) is 81.8 Å². The van der Waals surface area contributed by atoms with Crippen molar-refractivity contribution < 1.29 is 8.83 Å². The molecule has 7 nitrogen and oxygen atoms in total. The van der Waals surface area contributed by atoms with Gasteiger partial charge >= 0.3 is 0 Å². The third-order valence-corrected chi connectivity index (χ3v) is 20.7. The molecule has 0 fully saturated rings. The van der Waals surface area contributed by atoms with E-state index in [1.54, 1.807) is 0 Å². The van der Waals surface area contributed by atoms with Crippen LogP contribution in [-0.4, -0.2) is 13.7 Å². The highest BCUT2D eigenvalue weighted by molar-refractivity contribution is 6.20. The van der Waals surface area contributed by atoms with Crippen molar-refractivity contribution in [2.24, 2.45) is 0 Å². The SMILES string of the molecule is CC1(C)c2cc(-c3ccccc3)ccc2-n2c(=O)c3cc(-c4cccc5oc6c(-c7ccc(-n8c9ccccc9c9cc%10c(cc98)c8ccccc8c(=O)n%10-c8ccc(-c9cccc%10c9oc9ccccc9%10)cc8)cc7)cccc6c45)ccc3c3cc(-c4ccccc4)cc1c32. The molecule has 7 heteroatoms. The van der Waals surface area contributed by atoms with Gasteiger partial charge in [-0.1, -0.05) is 220 Å². The van der Waals surface area contributed by atoms with Gasteiger partial charge in [-0.15, -0.1) is 0 Å². The number of benzene rings is 14. The molecular formula is C89H55N3O4. The van der Waals surface area contributed by atoms with Gasteiger partial charge in [0.25, 0.3) is 11.1 Å². The summed E-state index contributed by atoms with van der Waals surface area (Å²) in [5.74, 6) is 0. The second kappa shape index (κ2) is 20.2. The second-order valence-electron chi connectivity index (χ2n) is 26.2. The van der Waals surface area contributed by atoms with Gasteiger partial charge in [0.05, 0.1) is 27.8 Å². The number of hydrogen-bond donors (Lipinski definition) is 0. The summed E-state index contributed by atoms with van der Waals surface area (Å²) < 4.78 is 19.6. The Kier molecular flexibility index (Phi) is 11.4. The molecule has 5 aromatic heterocycles. The Labute approximate surface area is 549 Å². The van der Waals surface area contributed by atoms with Crippen molar-refractivity contribution in [1.82, 2.24) is 13.7 Å². The predicted octanol–water partition coefficient (Wildman–Crippen LogP) is 22.5. The van der Waals surface area contributed by atoms with Crippen LogP contribution in [0.5, 0.6) is 0 Å². The van der Waals surface area contributed by atoms with Crippen molar-refractivity contribution in [2.45, 2.75) is 19.3 Å². The Hall–Kier alpha value is -12.6. The van der Waals surface area contributed by atoms with E-state index in [9.17, 15) is 4.79 Å². The summed E-state index contributed by atoms with van der Waals surface area (Å²) in [6.07, 6.45) is 0. The Morgan fingerprint density at radius 1 is 0.281 bits per heavy atom. The number of aromatic nitrogens is 3. The van der Waals surface area contributed by atoms with E-state index in [4.69, 9.17) is 8.83 Å². The number of hydrogen-bond acceptors (Lipinski definition) is 4. The second-order valence-corrected chi connectivity index (χ2v) is 26.2. The first-order valence-corrected chi connectivity index (χ1v) is 32.7. The van der Waals surface area contributed by atoms with Crippen LogP contribution in [0.25, 0.3) is 182 Å². The van der Waals surface area contributed by atoms with Gasteiger partial charge in [0.2, 0.25) is 0 Å². The summed E-state index contributed by atoms with van der Waals surface area (Å²) in [7, 11) is 0. The molecule has 450 valence electrons. The van der Waals surface area contributed by atoms with Gasteiger partial charge in [-0.2, -0.15) is 0 Å². The lowest BCUT2D eigenvalue weighted by molar-refractivity contribution is 0.626. The van der Waals surface area contributed by atoms with Crippen molar-refractivity contribution in [3.05, 3.63) is 329 Å².